The average molecular weight is 247 g/mol. The van der Waals surface area contributed by atoms with Crippen molar-refractivity contribution in [2.75, 3.05) is 7.11 Å². The van der Waals surface area contributed by atoms with Gasteiger partial charge < -0.3 is 14.9 Å². The molecule has 7 heteroatoms. The van der Waals surface area contributed by atoms with Crippen LogP contribution < -0.4 is 0 Å². The first kappa shape index (κ1) is 12.8. The molecule has 0 radical (unpaired) electrons. The van der Waals surface area contributed by atoms with E-state index in [9.17, 15) is 15.0 Å². The number of nitrogens with zero attached hydrogens (tertiary/aromatic N) is 2. The lowest BCUT2D eigenvalue weighted by molar-refractivity contribution is -0.144. The summed E-state index contributed by atoms with van der Waals surface area (Å²) in [5.74, 6) is -0.617. The Hall–Kier alpha value is -1.24. The zero-order valence-electron chi connectivity index (χ0n) is 8.50. The largest absolute Gasteiger partial charge is 0.469 e. The molecule has 0 fully saturated rings. The summed E-state index contributed by atoms with van der Waals surface area (Å²) in [5, 5.41) is 26.4. The Morgan fingerprint density at radius 1 is 1.50 bits per heavy atom. The van der Waals surface area contributed by atoms with E-state index < -0.39 is 18.2 Å². The van der Waals surface area contributed by atoms with E-state index in [1.807, 2.05) is 0 Å². The molecule has 0 saturated heterocycles. The molecule has 2 atom stereocenters. The Morgan fingerprint density at radius 2 is 2.19 bits per heavy atom. The molecule has 0 amide bonds. The smallest absolute Gasteiger partial charge is 0.308 e. The molecular weight excluding hydrogens is 236 g/mol. The molecule has 0 aliphatic rings. The van der Waals surface area contributed by atoms with E-state index in [0.29, 0.717) is 0 Å². The van der Waals surface area contributed by atoms with Crippen LogP contribution in [-0.4, -0.2) is 39.6 Å². The number of methoxy groups -OCH3 is 1. The number of aromatic nitrogens is 2. The van der Waals surface area contributed by atoms with Crippen molar-refractivity contribution in [3.05, 3.63) is 23.0 Å². The lowest BCUT2D eigenvalue weighted by atomic mass is 10.1. The summed E-state index contributed by atoms with van der Waals surface area (Å²) in [6, 6.07) is 2.85. The maximum atomic E-state index is 10.9. The minimum Gasteiger partial charge on any atom is -0.469 e. The maximum absolute atomic E-state index is 10.9. The molecule has 0 aliphatic heterocycles. The second kappa shape index (κ2) is 5.74. The lowest BCUT2D eigenvalue weighted by Crippen LogP contribution is -2.23. The van der Waals surface area contributed by atoms with Crippen LogP contribution in [0.5, 0.6) is 0 Å². The number of rotatable bonds is 4. The highest BCUT2D eigenvalue weighted by Crippen LogP contribution is 2.17. The molecule has 2 unspecified atom stereocenters. The highest BCUT2D eigenvalue weighted by molar-refractivity contribution is 6.29. The van der Waals surface area contributed by atoms with Gasteiger partial charge in [-0.2, -0.15) is 5.10 Å². The molecule has 0 bridgehead atoms. The fraction of sp³-hybridized carbons (Fsp3) is 0.444. The summed E-state index contributed by atoms with van der Waals surface area (Å²) in [6.45, 7) is 0. The van der Waals surface area contributed by atoms with Gasteiger partial charge in [0.1, 0.15) is 6.10 Å². The number of hydrogen-bond donors (Lipinski definition) is 2. The molecule has 88 valence electrons. The number of esters is 1. The van der Waals surface area contributed by atoms with E-state index in [1.54, 1.807) is 0 Å². The summed E-state index contributed by atoms with van der Waals surface area (Å²) in [4.78, 5) is 10.9. The van der Waals surface area contributed by atoms with Gasteiger partial charge in [0, 0.05) is 0 Å². The first-order valence-electron chi connectivity index (χ1n) is 4.46. The van der Waals surface area contributed by atoms with Crippen LogP contribution in [-0.2, 0) is 9.53 Å². The zero-order valence-corrected chi connectivity index (χ0v) is 9.26. The van der Waals surface area contributed by atoms with E-state index in [1.165, 1.54) is 19.2 Å². The van der Waals surface area contributed by atoms with Crippen LogP contribution >= 0.6 is 11.6 Å². The Balaban J connectivity index is 2.66. The van der Waals surface area contributed by atoms with Gasteiger partial charge in [-0.1, -0.05) is 11.6 Å². The van der Waals surface area contributed by atoms with E-state index in [0.717, 1.165) is 0 Å². The van der Waals surface area contributed by atoms with Gasteiger partial charge in [0.25, 0.3) is 0 Å². The number of aliphatic hydroxyl groups is 2. The van der Waals surface area contributed by atoms with E-state index in [4.69, 9.17) is 11.6 Å². The highest BCUT2D eigenvalue weighted by atomic mass is 35.5. The third-order valence-electron chi connectivity index (χ3n) is 1.92. The number of carbonyl (C=O) groups is 1. The van der Waals surface area contributed by atoms with Crippen LogP contribution in [0.1, 0.15) is 18.2 Å². The molecule has 1 rings (SSSR count). The van der Waals surface area contributed by atoms with Gasteiger partial charge in [0.2, 0.25) is 0 Å². The monoisotopic (exact) mass is 246 g/mol. The van der Waals surface area contributed by atoms with Crippen molar-refractivity contribution >= 4 is 17.6 Å². The minimum absolute atomic E-state index is 0.140. The number of ether oxygens (including phenoxy) is 1. The van der Waals surface area contributed by atoms with Gasteiger partial charge in [0.15, 0.2) is 5.15 Å². The van der Waals surface area contributed by atoms with E-state index in [-0.39, 0.29) is 17.3 Å². The van der Waals surface area contributed by atoms with Crippen LogP contribution in [0.4, 0.5) is 0 Å². The molecule has 1 heterocycles. The van der Waals surface area contributed by atoms with Crippen molar-refractivity contribution in [2.45, 2.75) is 18.6 Å². The first-order chi connectivity index (χ1) is 7.54. The van der Waals surface area contributed by atoms with Gasteiger partial charge in [-0.25, -0.2) is 0 Å². The summed E-state index contributed by atoms with van der Waals surface area (Å²) >= 11 is 5.51. The normalized spacial score (nSPS) is 14.2. The fourth-order valence-corrected chi connectivity index (χ4v) is 1.15. The first-order valence-corrected chi connectivity index (χ1v) is 4.84. The molecule has 0 aromatic carbocycles. The molecule has 6 nitrogen and oxygen atoms in total. The lowest BCUT2D eigenvalue weighted by Gasteiger charge is -2.15. The van der Waals surface area contributed by atoms with Crippen molar-refractivity contribution in [1.82, 2.24) is 10.2 Å². The topological polar surface area (TPSA) is 92.5 Å². The predicted octanol–water partition coefficient (Wildman–Crippen LogP) is 0.0874. The Morgan fingerprint density at radius 3 is 2.69 bits per heavy atom. The standard InChI is InChI=1S/C9H11ClN2O4/c1-16-8(14)4-6(13)9(15)5-2-3-7(10)12-11-5/h2-3,6,9,13,15H,4H2,1H3. The van der Waals surface area contributed by atoms with Gasteiger partial charge in [-0.15, -0.1) is 5.10 Å². The molecule has 0 aliphatic carbocycles. The highest BCUT2D eigenvalue weighted by Gasteiger charge is 2.23. The fourth-order valence-electron chi connectivity index (χ4n) is 1.05. The summed E-state index contributed by atoms with van der Waals surface area (Å²) in [7, 11) is 1.20. The van der Waals surface area contributed by atoms with E-state index >= 15 is 0 Å². The van der Waals surface area contributed by atoms with Crippen LogP contribution in [0.15, 0.2) is 12.1 Å². The van der Waals surface area contributed by atoms with Crippen molar-refractivity contribution in [3.8, 4) is 0 Å². The Bertz CT molecular complexity index is 357. The summed E-state index contributed by atoms with van der Waals surface area (Å²) in [5.41, 5.74) is 0.140. The molecular formula is C9H11ClN2O4. The Labute approximate surface area is 96.8 Å². The molecule has 1 aromatic heterocycles. The second-order valence-electron chi connectivity index (χ2n) is 3.07. The third-order valence-corrected chi connectivity index (χ3v) is 2.13. The van der Waals surface area contributed by atoms with Crippen molar-refractivity contribution in [2.24, 2.45) is 0 Å². The van der Waals surface area contributed by atoms with Crippen LogP contribution in [0.3, 0.4) is 0 Å². The average Bonchev–Trinajstić information content (AvgIpc) is 2.28. The summed E-state index contributed by atoms with van der Waals surface area (Å²) in [6.07, 6.45) is -2.91. The Kier molecular flexibility index (Phi) is 4.60. The van der Waals surface area contributed by atoms with E-state index in [2.05, 4.69) is 14.9 Å². The minimum atomic E-state index is -1.30. The zero-order chi connectivity index (χ0) is 12.1. The van der Waals surface area contributed by atoms with Gasteiger partial charge in [-0.05, 0) is 12.1 Å². The third kappa shape index (κ3) is 3.41. The molecule has 2 N–H and O–H groups in total. The number of aliphatic hydroxyl groups excluding tert-OH is 2. The van der Waals surface area contributed by atoms with Gasteiger partial charge >= 0.3 is 5.97 Å². The summed E-state index contributed by atoms with van der Waals surface area (Å²) < 4.78 is 4.36. The number of hydrogen-bond acceptors (Lipinski definition) is 6. The van der Waals surface area contributed by atoms with Crippen molar-refractivity contribution in [3.63, 3.8) is 0 Å². The van der Waals surface area contributed by atoms with Crippen molar-refractivity contribution in [1.29, 1.82) is 0 Å². The van der Waals surface area contributed by atoms with Gasteiger partial charge in [-0.3, -0.25) is 4.79 Å². The quantitative estimate of drug-likeness (QED) is 0.732. The predicted molar refractivity (Wildman–Crippen MR) is 54.6 cm³/mol. The van der Waals surface area contributed by atoms with Gasteiger partial charge in [0.05, 0.1) is 25.3 Å². The van der Waals surface area contributed by atoms with Crippen LogP contribution in [0.25, 0.3) is 0 Å². The molecule has 16 heavy (non-hydrogen) atoms. The maximum Gasteiger partial charge on any atom is 0.308 e. The second-order valence-corrected chi connectivity index (χ2v) is 3.46. The molecule has 0 spiro atoms. The van der Waals surface area contributed by atoms with Crippen LogP contribution in [0, 0.1) is 0 Å². The van der Waals surface area contributed by atoms with Crippen LogP contribution in [0.2, 0.25) is 5.15 Å². The number of carbonyl (C=O) groups excluding carboxylic acids is 1. The SMILES string of the molecule is COC(=O)CC(O)C(O)c1ccc(Cl)nn1. The van der Waals surface area contributed by atoms with Crippen molar-refractivity contribution < 1.29 is 19.7 Å². The molecule has 1 aromatic rings. The molecule has 0 saturated carbocycles. The number of halogens is 1.